The minimum Gasteiger partial charge on any atom is -0.384 e. The lowest BCUT2D eigenvalue weighted by molar-refractivity contribution is -0.0352. The Hall–Kier alpha value is -0.600. The molecule has 1 aliphatic rings. The van der Waals surface area contributed by atoms with Crippen LogP contribution in [0, 0.1) is 11.8 Å². The van der Waals surface area contributed by atoms with E-state index < -0.39 is 5.60 Å². The van der Waals surface area contributed by atoms with Gasteiger partial charge in [-0.1, -0.05) is 11.8 Å². The van der Waals surface area contributed by atoms with E-state index >= 15 is 0 Å². The minimum absolute atomic E-state index is 0.00157. The summed E-state index contributed by atoms with van der Waals surface area (Å²) >= 11 is 0. The molecule has 1 rings (SSSR count). The summed E-state index contributed by atoms with van der Waals surface area (Å²) in [6.07, 6.45) is 0.00157. The van der Waals surface area contributed by atoms with Gasteiger partial charge in [-0.15, -0.1) is 0 Å². The third-order valence-electron chi connectivity index (χ3n) is 1.83. The minimum atomic E-state index is -0.434. The number of hydrogen-bond acceptors (Lipinski definition) is 4. The number of rotatable bonds is 4. The van der Waals surface area contributed by atoms with Crippen LogP contribution in [0.4, 0.5) is 0 Å². The van der Waals surface area contributed by atoms with Gasteiger partial charge in [0.05, 0.1) is 6.61 Å². The molecule has 0 amide bonds. The van der Waals surface area contributed by atoms with Crippen molar-refractivity contribution in [1.29, 1.82) is 0 Å². The molecule has 1 heterocycles. The molecule has 0 saturated carbocycles. The Morgan fingerprint density at radius 3 is 3.00 bits per heavy atom. The lowest BCUT2D eigenvalue weighted by atomic mass is 10.1. The second-order valence-corrected chi connectivity index (χ2v) is 2.95. The Kier molecular flexibility index (Phi) is 3.70. The van der Waals surface area contributed by atoms with Gasteiger partial charge in [-0.2, -0.15) is 0 Å². The molecule has 0 aromatic carbocycles. The van der Waals surface area contributed by atoms with Crippen LogP contribution >= 0.6 is 0 Å². The smallest absolute Gasteiger partial charge is 0.154 e. The fraction of sp³-hybridized carbons (Fsp3) is 0.778. The van der Waals surface area contributed by atoms with Crippen LogP contribution in [0.15, 0.2) is 0 Å². The summed E-state index contributed by atoms with van der Waals surface area (Å²) < 4.78 is 15.1. The van der Waals surface area contributed by atoms with Crippen molar-refractivity contribution in [2.45, 2.75) is 18.6 Å². The predicted octanol–water partition coefficient (Wildman–Crippen LogP) is -0.240. The number of aliphatic hydroxyl groups excluding tert-OH is 1. The first kappa shape index (κ1) is 10.5. The van der Waals surface area contributed by atoms with E-state index in [-0.39, 0.29) is 19.5 Å². The molecule has 74 valence electrons. The largest absolute Gasteiger partial charge is 0.384 e. The van der Waals surface area contributed by atoms with Crippen LogP contribution in [0.3, 0.4) is 0 Å². The zero-order valence-electron chi connectivity index (χ0n) is 7.87. The van der Waals surface area contributed by atoms with Crippen molar-refractivity contribution in [3.05, 3.63) is 0 Å². The SMILES string of the molecule is COCOC[C@H]1O[C@]1(C)C#CCO. The van der Waals surface area contributed by atoms with Crippen LogP contribution in [0.5, 0.6) is 0 Å². The molecule has 4 nitrogen and oxygen atoms in total. The Labute approximate surface area is 77.8 Å². The molecule has 1 saturated heterocycles. The van der Waals surface area contributed by atoms with Gasteiger partial charge in [0.15, 0.2) is 5.60 Å². The van der Waals surface area contributed by atoms with Crippen molar-refractivity contribution >= 4 is 0 Å². The van der Waals surface area contributed by atoms with Gasteiger partial charge in [-0.3, -0.25) is 0 Å². The number of epoxide rings is 1. The Morgan fingerprint density at radius 1 is 1.62 bits per heavy atom. The molecular formula is C9H14O4. The summed E-state index contributed by atoms with van der Waals surface area (Å²) in [7, 11) is 1.57. The second-order valence-electron chi connectivity index (χ2n) is 2.95. The normalized spacial score (nSPS) is 30.8. The van der Waals surface area contributed by atoms with Gasteiger partial charge >= 0.3 is 0 Å². The fourth-order valence-corrected chi connectivity index (χ4v) is 1.02. The van der Waals surface area contributed by atoms with Crippen LogP contribution in [0.25, 0.3) is 0 Å². The first-order chi connectivity index (χ1) is 6.23. The van der Waals surface area contributed by atoms with Gasteiger partial charge in [-0.05, 0) is 6.92 Å². The highest BCUT2D eigenvalue weighted by atomic mass is 16.7. The zero-order valence-corrected chi connectivity index (χ0v) is 7.87. The molecule has 0 bridgehead atoms. The van der Waals surface area contributed by atoms with Crippen molar-refractivity contribution in [2.24, 2.45) is 0 Å². The quantitative estimate of drug-likeness (QED) is 0.285. The first-order valence-electron chi connectivity index (χ1n) is 4.08. The van der Waals surface area contributed by atoms with Gasteiger partial charge in [-0.25, -0.2) is 0 Å². The monoisotopic (exact) mass is 186 g/mol. The summed E-state index contributed by atoms with van der Waals surface area (Å²) in [5.41, 5.74) is -0.434. The Morgan fingerprint density at radius 2 is 2.38 bits per heavy atom. The van der Waals surface area contributed by atoms with E-state index in [0.29, 0.717) is 6.61 Å². The second kappa shape index (κ2) is 4.58. The molecule has 13 heavy (non-hydrogen) atoms. The van der Waals surface area contributed by atoms with E-state index in [4.69, 9.17) is 19.3 Å². The van der Waals surface area contributed by atoms with Crippen molar-refractivity contribution in [3.63, 3.8) is 0 Å². The molecule has 2 atom stereocenters. The third kappa shape index (κ3) is 2.98. The van der Waals surface area contributed by atoms with Crippen molar-refractivity contribution < 1.29 is 19.3 Å². The average Bonchev–Trinajstić information content (AvgIpc) is 2.75. The molecule has 1 aliphatic heterocycles. The number of aliphatic hydroxyl groups is 1. The summed E-state index contributed by atoms with van der Waals surface area (Å²) in [5, 5.41) is 8.48. The lowest BCUT2D eigenvalue weighted by Crippen LogP contribution is -2.13. The van der Waals surface area contributed by atoms with Crippen molar-refractivity contribution in [1.82, 2.24) is 0 Å². The van der Waals surface area contributed by atoms with Gasteiger partial charge in [0.2, 0.25) is 0 Å². The molecular weight excluding hydrogens is 172 g/mol. The standard InChI is InChI=1S/C9H14O4/c1-9(4-3-5-10)8(13-9)6-12-7-11-2/h8,10H,5-7H2,1-2H3/t8-,9-/m1/s1. The number of ether oxygens (including phenoxy) is 3. The van der Waals surface area contributed by atoms with Crippen LogP contribution in [0.1, 0.15) is 6.92 Å². The Balaban J connectivity index is 2.19. The highest BCUT2D eigenvalue weighted by molar-refractivity contribution is 5.23. The Bertz CT molecular complexity index is 217. The molecule has 4 heteroatoms. The first-order valence-corrected chi connectivity index (χ1v) is 4.08. The lowest BCUT2D eigenvalue weighted by Gasteiger charge is -1.99. The van der Waals surface area contributed by atoms with Gasteiger partial charge < -0.3 is 19.3 Å². The van der Waals surface area contributed by atoms with Crippen molar-refractivity contribution in [2.75, 3.05) is 27.1 Å². The maximum atomic E-state index is 8.48. The van der Waals surface area contributed by atoms with Gasteiger partial charge in [0.1, 0.15) is 19.5 Å². The molecule has 1 fully saturated rings. The molecule has 0 aliphatic carbocycles. The molecule has 0 radical (unpaired) electrons. The van der Waals surface area contributed by atoms with E-state index in [0.717, 1.165) is 0 Å². The van der Waals surface area contributed by atoms with E-state index in [1.54, 1.807) is 7.11 Å². The van der Waals surface area contributed by atoms with E-state index in [1.807, 2.05) is 6.92 Å². The summed E-state index contributed by atoms with van der Waals surface area (Å²) in [6, 6.07) is 0. The number of methoxy groups -OCH3 is 1. The molecule has 0 spiro atoms. The van der Waals surface area contributed by atoms with Crippen LogP contribution in [-0.2, 0) is 14.2 Å². The maximum Gasteiger partial charge on any atom is 0.154 e. The van der Waals surface area contributed by atoms with Crippen LogP contribution in [0.2, 0.25) is 0 Å². The summed E-state index contributed by atoms with van der Waals surface area (Å²) in [4.78, 5) is 0. The van der Waals surface area contributed by atoms with E-state index in [2.05, 4.69) is 11.8 Å². The summed E-state index contributed by atoms with van der Waals surface area (Å²) in [6.45, 7) is 2.48. The fourth-order valence-electron chi connectivity index (χ4n) is 1.02. The summed E-state index contributed by atoms with van der Waals surface area (Å²) in [5.74, 6) is 5.38. The van der Waals surface area contributed by atoms with Crippen LogP contribution in [-0.4, -0.2) is 43.9 Å². The highest BCUT2D eigenvalue weighted by Crippen LogP contribution is 2.35. The van der Waals surface area contributed by atoms with Crippen molar-refractivity contribution in [3.8, 4) is 11.8 Å². The van der Waals surface area contributed by atoms with Gasteiger partial charge in [0, 0.05) is 7.11 Å². The molecule has 0 aromatic rings. The highest BCUT2D eigenvalue weighted by Gasteiger charge is 2.51. The number of hydrogen-bond donors (Lipinski definition) is 1. The van der Waals surface area contributed by atoms with E-state index in [1.165, 1.54) is 0 Å². The molecule has 0 aromatic heterocycles. The third-order valence-corrected chi connectivity index (χ3v) is 1.83. The predicted molar refractivity (Wildman–Crippen MR) is 46.0 cm³/mol. The zero-order chi connectivity index (χ0) is 9.73. The van der Waals surface area contributed by atoms with Crippen LogP contribution < -0.4 is 0 Å². The van der Waals surface area contributed by atoms with Gasteiger partial charge in [0.25, 0.3) is 0 Å². The molecule has 1 N–H and O–H groups in total. The van der Waals surface area contributed by atoms with E-state index in [9.17, 15) is 0 Å². The molecule has 0 unspecified atom stereocenters. The topological polar surface area (TPSA) is 51.2 Å². The maximum absolute atomic E-state index is 8.48. The average molecular weight is 186 g/mol.